The third-order valence-corrected chi connectivity index (χ3v) is 3.79. The highest BCUT2D eigenvalue weighted by Gasteiger charge is 2.29. The Hall–Kier alpha value is -2.07. The van der Waals surface area contributed by atoms with E-state index in [9.17, 15) is 0 Å². The number of hydrogen-bond donors (Lipinski definition) is 1. The number of fused-ring (bicyclic) bond motifs is 1. The van der Waals surface area contributed by atoms with Gasteiger partial charge in [0.15, 0.2) is 0 Å². The first kappa shape index (κ1) is 14.9. The summed E-state index contributed by atoms with van der Waals surface area (Å²) >= 11 is 0. The molecule has 2 heterocycles. The molecule has 4 nitrogen and oxygen atoms in total. The quantitative estimate of drug-likeness (QED) is 0.921. The highest BCUT2D eigenvalue weighted by molar-refractivity contribution is 5.41. The van der Waals surface area contributed by atoms with Gasteiger partial charge in [-0.25, -0.2) is 4.98 Å². The molecule has 1 N–H and O–H groups in total. The maximum absolute atomic E-state index is 5.91. The van der Waals surface area contributed by atoms with E-state index in [1.807, 2.05) is 12.1 Å². The van der Waals surface area contributed by atoms with E-state index in [4.69, 9.17) is 9.47 Å². The lowest BCUT2D eigenvalue weighted by Crippen LogP contribution is -2.24. The molecule has 0 saturated heterocycles. The monoisotopic (exact) mass is 298 g/mol. The molecule has 0 bridgehead atoms. The molecule has 0 atom stereocenters. The minimum absolute atomic E-state index is 0.0814. The van der Waals surface area contributed by atoms with Gasteiger partial charge < -0.3 is 14.8 Å². The van der Waals surface area contributed by atoms with Gasteiger partial charge in [-0.15, -0.1) is 0 Å². The van der Waals surface area contributed by atoms with Crippen molar-refractivity contribution >= 4 is 0 Å². The molecular formula is C18H22N2O2. The van der Waals surface area contributed by atoms with Crippen LogP contribution in [-0.4, -0.2) is 17.7 Å². The highest BCUT2D eigenvalue weighted by atomic mass is 16.5. The second-order valence-electron chi connectivity index (χ2n) is 6.29. The average Bonchev–Trinajstić information content (AvgIpc) is 2.80. The molecule has 1 aliphatic heterocycles. The smallest absolute Gasteiger partial charge is 0.213 e. The number of pyridine rings is 1. The van der Waals surface area contributed by atoms with Crippen molar-refractivity contribution in [2.75, 3.05) is 7.11 Å². The molecule has 1 aliphatic rings. The Bertz CT molecular complexity index is 668. The molecule has 0 radical (unpaired) electrons. The van der Waals surface area contributed by atoms with Crippen LogP contribution in [-0.2, 0) is 19.5 Å². The van der Waals surface area contributed by atoms with Gasteiger partial charge in [-0.05, 0) is 42.7 Å². The molecule has 0 amide bonds. The van der Waals surface area contributed by atoms with E-state index in [0.29, 0.717) is 5.88 Å². The lowest BCUT2D eigenvalue weighted by Gasteiger charge is -2.16. The highest BCUT2D eigenvalue weighted by Crippen LogP contribution is 2.35. The normalized spacial score (nSPS) is 15.2. The zero-order valence-electron chi connectivity index (χ0n) is 13.3. The van der Waals surface area contributed by atoms with E-state index in [1.54, 1.807) is 13.3 Å². The predicted octanol–water partition coefficient (Wildman–Crippen LogP) is 3.09. The lowest BCUT2D eigenvalue weighted by atomic mass is 10.0. The molecule has 0 fully saturated rings. The van der Waals surface area contributed by atoms with Gasteiger partial charge in [-0.3, -0.25) is 0 Å². The largest absolute Gasteiger partial charge is 0.487 e. The molecular weight excluding hydrogens is 276 g/mol. The molecule has 4 heteroatoms. The first-order chi connectivity index (χ1) is 10.6. The Morgan fingerprint density at radius 2 is 1.95 bits per heavy atom. The number of aromatic nitrogens is 1. The Balaban J connectivity index is 1.59. The fourth-order valence-corrected chi connectivity index (χ4v) is 2.80. The third-order valence-electron chi connectivity index (χ3n) is 3.79. The number of rotatable bonds is 5. The van der Waals surface area contributed by atoms with Crippen LogP contribution in [0.1, 0.15) is 30.5 Å². The second-order valence-corrected chi connectivity index (χ2v) is 6.29. The molecule has 2 aromatic rings. The number of nitrogens with zero attached hydrogens (tertiary/aromatic N) is 1. The van der Waals surface area contributed by atoms with Crippen LogP contribution in [0.4, 0.5) is 0 Å². The summed E-state index contributed by atoms with van der Waals surface area (Å²) < 4.78 is 11.0. The predicted molar refractivity (Wildman–Crippen MR) is 86.2 cm³/mol. The Kier molecular flexibility index (Phi) is 4.03. The molecule has 0 aliphatic carbocycles. The van der Waals surface area contributed by atoms with Crippen molar-refractivity contribution in [3.05, 3.63) is 53.2 Å². The molecule has 0 saturated carbocycles. The van der Waals surface area contributed by atoms with E-state index in [2.05, 4.69) is 42.3 Å². The van der Waals surface area contributed by atoms with Crippen LogP contribution in [0.3, 0.4) is 0 Å². The van der Waals surface area contributed by atoms with Crippen LogP contribution in [0.25, 0.3) is 0 Å². The van der Waals surface area contributed by atoms with Crippen molar-refractivity contribution in [3.8, 4) is 11.6 Å². The molecule has 0 unspecified atom stereocenters. The van der Waals surface area contributed by atoms with Crippen molar-refractivity contribution in [2.24, 2.45) is 0 Å². The first-order valence-electron chi connectivity index (χ1n) is 7.56. The fourth-order valence-electron chi connectivity index (χ4n) is 2.80. The van der Waals surface area contributed by atoms with Crippen molar-refractivity contribution in [3.63, 3.8) is 0 Å². The molecule has 116 valence electrons. The van der Waals surface area contributed by atoms with E-state index in [0.717, 1.165) is 30.8 Å². The van der Waals surface area contributed by atoms with Gasteiger partial charge in [-0.2, -0.15) is 0 Å². The maximum atomic E-state index is 5.91. The van der Waals surface area contributed by atoms with E-state index >= 15 is 0 Å². The van der Waals surface area contributed by atoms with Gasteiger partial charge in [0.2, 0.25) is 5.88 Å². The molecule has 22 heavy (non-hydrogen) atoms. The molecule has 3 rings (SSSR count). The summed E-state index contributed by atoms with van der Waals surface area (Å²) in [7, 11) is 1.63. The van der Waals surface area contributed by atoms with Gasteiger partial charge >= 0.3 is 0 Å². The fraction of sp³-hybridized carbons (Fsp3) is 0.389. The first-order valence-corrected chi connectivity index (χ1v) is 7.56. The van der Waals surface area contributed by atoms with Crippen LogP contribution < -0.4 is 14.8 Å². The number of hydrogen-bond acceptors (Lipinski definition) is 4. The number of ether oxygens (including phenoxy) is 2. The standard InChI is InChI=1S/C18H22N2O2/c1-18(2)10-15-8-13(4-5-16(15)22-18)11-19-12-14-6-7-20-17(9-14)21-3/h4-9,19H,10-12H2,1-3H3. The number of methoxy groups -OCH3 is 1. The third kappa shape index (κ3) is 3.39. The average molecular weight is 298 g/mol. The van der Waals surface area contributed by atoms with Crippen LogP contribution >= 0.6 is 0 Å². The summed E-state index contributed by atoms with van der Waals surface area (Å²) in [6.07, 6.45) is 2.74. The summed E-state index contributed by atoms with van der Waals surface area (Å²) in [5, 5.41) is 3.46. The van der Waals surface area contributed by atoms with Crippen LogP contribution in [0, 0.1) is 0 Å². The van der Waals surface area contributed by atoms with Crippen molar-refractivity contribution < 1.29 is 9.47 Å². The summed E-state index contributed by atoms with van der Waals surface area (Å²) in [5.74, 6) is 1.67. The summed E-state index contributed by atoms with van der Waals surface area (Å²) in [4.78, 5) is 4.11. The van der Waals surface area contributed by atoms with Gasteiger partial charge in [0.1, 0.15) is 11.4 Å². The second kappa shape index (κ2) is 5.97. The van der Waals surface area contributed by atoms with Gasteiger partial charge in [-0.1, -0.05) is 12.1 Å². The van der Waals surface area contributed by atoms with E-state index < -0.39 is 0 Å². The van der Waals surface area contributed by atoms with Crippen LogP contribution in [0.15, 0.2) is 36.5 Å². The molecule has 0 spiro atoms. The topological polar surface area (TPSA) is 43.4 Å². The number of benzene rings is 1. The molecule has 1 aromatic heterocycles. The van der Waals surface area contributed by atoms with Crippen molar-refractivity contribution in [1.29, 1.82) is 0 Å². The van der Waals surface area contributed by atoms with Gasteiger partial charge in [0, 0.05) is 31.8 Å². The Morgan fingerprint density at radius 1 is 1.18 bits per heavy atom. The zero-order valence-corrected chi connectivity index (χ0v) is 13.3. The zero-order chi connectivity index (χ0) is 15.6. The summed E-state index contributed by atoms with van der Waals surface area (Å²) in [5.41, 5.74) is 3.66. The van der Waals surface area contributed by atoms with E-state index in [-0.39, 0.29) is 5.60 Å². The van der Waals surface area contributed by atoms with E-state index in [1.165, 1.54) is 11.1 Å². The SMILES string of the molecule is COc1cc(CNCc2ccc3c(c2)CC(C)(C)O3)ccn1. The summed E-state index contributed by atoms with van der Waals surface area (Å²) in [6, 6.07) is 10.4. The maximum Gasteiger partial charge on any atom is 0.213 e. The Labute approximate surface area is 131 Å². The number of nitrogens with one attached hydrogen (secondary N) is 1. The van der Waals surface area contributed by atoms with Crippen LogP contribution in [0.5, 0.6) is 11.6 Å². The molecule has 1 aromatic carbocycles. The minimum Gasteiger partial charge on any atom is -0.487 e. The summed E-state index contributed by atoms with van der Waals surface area (Å²) in [6.45, 7) is 5.87. The Morgan fingerprint density at radius 3 is 2.73 bits per heavy atom. The van der Waals surface area contributed by atoms with Crippen molar-refractivity contribution in [2.45, 2.75) is 39.0 Å². The minimum atomic E-state index is -0.0814. The lowest BCUT2D eigenvalue weighted by molar-refractivity contribution is 0.138. The van der Waals surface area contributed by atoms with Crippen molar-refractivity contribution in [1.82, 2.24) is 10.3 Å². The van der Waals surface area contributed by atoms with Crippen LogP contribution in [0.2, 0.25) is 0 Å². The van der Waals surface area contributed by atoms with Gasteiger partial charge in [0.25, 0.3) is 0 Å². The van der Waals surface area contributed by atoms with Gasteiger partial charge in [0.05, 0.1) is 7.11 Å².